The SMILES string of the molecule is O=C1COc2c(cc(Cl)cc2N2CCN(CN3C(=O)c4ccccc4C3=O)CC2)N1. The number of imide groups is 1. The zero-order valence-electron chi connectivity index (χ0n) is 16.1. The maximum atomic E-state index is 12.6. The minimum absolute atomic E-state index is 0.0264. The number of nitrogens with one attached hydrogen (secondary N) is 1. The molecule has 2 aromatic rings. The van der Waals surface area contributed by atoms with Crippen LogP contribution in [0.1, 0.15) is 20.7 Å². The first-order valence-corrected chi connectivity index (χ1v) is 10.1. The van der Waals surface area contributed by atoms with Gasteiger partial charge in [0.2, 0.25) is 0 Å². The highest BCUT2D eigenvalue weighted by molar-refractivity contribution is 6.31. The van der Waals surface area contributed by atoms with Crippen molar-refractivity contribution in [3.63, 3.8) is 0 Å². The van der Waals surface area contributed by atoms with Crippen LogP contribution in [0.4, 0.5) is 11.4 Å². The number of rotatable bonds is 3. The van der Waals surface area contributed by atoms with Crippen LogP contribution in [0.2, 0.25) is 5.02 Å². The maximum Gasteiger partial charge on any atom is 0.262 e. The lowest BCUT2D eigenvalue weighted by Gasteiger charge is -2.38. The molecule has 0 saturated carbocycles. The molecule has 0 bridgehead atoms. The average Bonchev–Trinajstić information content (AvgIpc) is 2.98. The van der Waals surface area contributed by atoms with Gasteiger partial charge in [-0.05, 0) is 24.3 Å². The Bertz CT molecular complexity index is 1030. The van der Waals surface area contributed by atoms with Gasteiger partial charge < -0.3 is 15.0 Å². The van der Waals surface area contributed by atoms with Crippen LogP contribution >= 0.6 is 11.6 Å². The molecule has 0 aliphatic carbocycles. The van der Waals surface area contributed by atoms with Crippen molar-refractivity contribution in [2.45, 2.75) is 0 Å². The molecule has 3 aliphatic rings. The first-order chi connectivity index (χ1) is 14.5. The van der Waals surface area contributed by atoms with Crippen molar-refractivity contribution in [2.24, 2.45) is 0 Å². The summed E-state index contributed by atoms with van der Waals surface area (Å²) >= 11 is 6.24. The van der Waals surface area contributed by atoms with Crippen LogP contribution in [0.3, 0.4) is 0 Å². The predicted octanol–water partition coefficient (Wildman–Crippen LogP) is 2.05. The molecule has 30 heavy (non-hydrogen) atoms. The second-order valence-corrected chi connectivity index (χ2v) is 7.91. The summed E-state index contributed by atoms with van der Waals surface area (Å²) in [5, 5.41) is 3.31. The molecule has 0 unspecified atom stereocenters. The lowest BCUT2D eigenvalue weighted by Crippen LogP contribution is -2.51. The van der Waals surface area contributed by atoms with Gasteiger partial charge in [-0.25, -0.2) is 0 Å². The van der Waals surface area contributed by atoms with Gasteiger partial charge in [-0.2, -0.15) is 0 Å². The zero-order valence-corrected chi connectivity index (χ0v) is 16.8. The molecule has 3 heterocycles. The fraction of sp³-hybridized carbons (Fsp3) is 0.286. The van der Waals surface area contributed by atoms with E-state index in [0.29, 0.717) is 53.8 Å². The molecule has 2 aromatic carbocycles. The molecule has 5 rings (SSSR count). The topological polar surface area (TPSA) is 82.2 Å². The van der Waals surface area contributed by atoms with E-state index in [-0.39, 0.29) is 31.0 Å². The molecule has 0 aromatic heterocycles. The molecular formula is C21H19ClN4O4. The Labute approximate surface area is 177 Å². The molecule has 1 fully saturated rings. The number of piperazine rings is 1. The maximum absolute atomic E-state index is 12.6. The van der Waals surface area contributed by atoms with Crippen molar-refractivity contribution in [1.29, 1.82) is 0 Å². The van der Waals surface area contributed by atoms with E-state index in [1.165, 1.54) is 4.90 Å². The third kappa shape index (κ3) is 3.18. The van der Waals surface area contributed by atoms with Gasteiger partial charge in [0.15, 0.2) is 12.4 Å². The molecule has 3 amide bonds. The lowest BCUT2D eigenvalue weighted by molar-refractivity contribution is -0.118. The monoisotopic (exact) mass is 426 g/mol. The first-order valence-electron chi connectivity index (χ1n) is 9.70. The van der Waals surface area contributed by atoms with E-state index >= 15 is 0 Å². The predicted molar refractivity (Wildman–Crippen MR) is 111 cm³/mol. The van der Waals surface area contributed by atoms with Crippen molar-refractivity contribution in [1.82, 2.24) is 9.80 Å². The molecular weight excluding hydrogens is 408 g/mol. The van der Waals surface area contributed by atoms with Gasteiger partial charge in [0.05, 0.1) is 29.2 Å². The quantitative estimate of drug-likeness (QED) is 0.756. The summed E-state index contributed by atoms with van der Waals surface area (Å²) in [4.78, 5) is 42.3. The molecule has 1 saturated heterocycles. The third-order valence-electron chi connectivity index (χ3n) is 5.59. The number of halogens is 1. The highest BCUT2D eigenvalue weighted by atomic mass is 35.5. The summed E-state index contributed by atoms with van der Waals surface area (Å²) in [7, 11) is 0. The number of benzene rings is 2. The van der Waals surface area contributed by atoms with Gasteiger partial charge in [-0.15, -0.1) is 0 Å². The van der Waals surface area contributed by atoms with Gasteiger partial charge in [0, 0.05) is 31.2 Å². The average molecular weight is 427 g/mol. The van der Waals surface area contributed by atoms with Gasteiger partial charge in [0.1, 0.15) is 0 Å². The molecule has 3 aliphatic heterocycles. The summed E-state index contributed by atoms with van der Waals surface area (Å²) in [5.74, 6) is -0.0774. The van der Waals surface area contributed by atoms with Crippen molar-refractivity contribution in [3.05, 3.63) is 52.5 Å². The minimum atomic E-state index is -0.244. The Kier molecular flexibility index (Phi) is 4.60. The van der Waals surface area contributed by atoms with E-state index in [9.17, 15) is 14.4 Å². The number of nitrogens with zero attached hydrogens (tertiary/aromatic N) is 3. The fourth-order valence-corrected chi connectivity index (χ4v) is 4.29. The largest absolute Gasteiger partial charge is 0.479 e. The number of amides is 3. The molecule has 9 heteroatoms. The standard InChI is InChI=1S/C21H19ClN4O4/c22-13-9-16-19(30-11-18(27)23-16)17(10-13)25-7-5-24(6-8-25)12-26-20(28)14-3-1-2-4-15(14)21(26)29/h1-4,9-10H,5-8,11-12H2,(H,23,27). The molecule has 0 radical (unpaired) electrons. The van der Waals surface area contributed by atoms with Crippen molar-refractivity contribution >= 4 is 40.7 Å². The van der Waals surface area contributed by atoms with Crippen LogP contribution in [0, 0.1) is 0 Å². The Morgan fingerprint density at radius 3 is 2.30 bits per heavy atom. The van der Waals surface area contributed by atoms with Crippen molar-refractivity contribution < 1.29 is 19.1 Å². The number of carbonyl (C=O) groups excluding carboxylic acids is 3. The van der Waals surface area contributed by atoms with Gasteiger partial charge in [-0.3, -0.25) is 24.2 Å². The van der Waals surface area contributed by atoms with E-state index in [2.05, 4.69) is 15.1 Å². The first kappa shape index (κ1) is 18.9. The van der Waals surface area contributed by atoms with E-state index in [0.717, 1.165) is 5.69 Å². The number of ether oxygens (including phenoxy) is 1. The Morgan fingerprint density at radius 1 is 0.967 bits per heavy atom. The molecule has 8 nitrogen and oxygen atoms in total. The summed E-state index contributed by atoms with van der Waals surface area (Å²) in [6, 6.07) is 10.4. The van der Waals surface area contributed by atoms with Crippen LogP contribution in [0.15, 0.2) is 36.4 Å². The van der Waals surface area contributed by atoms with Crippen LogP contribution in [0.5, 0.6) is 5.75 Å². The van der Waals surface area contributed by atoms with Crippen molar-refractivity contribution in [2.75, 3.05) is 49.7 Å². The van der Waals surface area contributed by atoms with E-state index < -0.39 is 0 Å². The van der Waals surface area contributed by atoms with Gasteiger partial charge in [-0.1, -0.05) is 23.7 Å². The van der Waals surface area contributed by atoms with E-state index in [4.69, 9.17) is 16.3 Å². The van der Waals surface area contributed by atoms with Gasteiger partial charge in [0.25, 0.3) is 17.7 Å². The highest BCUT2D eigenvalue weighted by Gasteiger charge is 2.36. The molecule has 1 N–H and O–H groups in total. The van der Waals surface area contributed by atoms with Crippen LogP contribution in [-0.2, 0) is 4.79 Å². The summed E-state index contributed by atoms with van der Waals surface area (Å²) < 4.78 is 5.65. The fourth-order valence-electron chi connectivity index (χ4n) is 4.08. The second kappa shape index (κ2) is 7.30. The van der Waals surface area contributed by atoms with Crippen LogP contribution < -0.4 is 15.0 Å². The second-order valence-electron chi connectivity index (χ2n) is 7.47. The molecule has 0 spiro atoms. The Hall–Kier alpha value is -3.10. The summed E-state index contributed by atoms with van der Waals surface area (Å²) in [5.41, 5.74) is 2.33. The number of hydrogen-bond donors (Lipinski definition) is 1. The van der Waals surface area contributed by atoms with Crippen LogP contribution in [0.25, 0.3) is 0 Å². The zero-order chi connectivity index (χ0) is 20.8. The van der Waals surface area contributed by atoms with E-state index in [1.807, 2.05) is 6.07 Å². The molecule has 154 valence electrons. The third-order valence-corrected chi connectivity index (χ3v) is 5.81. The Balaban J connectivity index is 1.28. The number of anilines is 2. The normalized spacial score (nSPS) is 18.8. The summed E-state index contributed by atoms with van der Waals surface area (Å²) in [6.07, 6.45) is 0. The van der Waals surface area contributed by atoms with Gasteiger partial charge >= 0.3 is 0 Å². The lowest BCUT2D eigenvalue weighted by atomic mass is 10.1. The Morgan fingerprint density at radius 2 is 1.63 bits per heavy atom. The number of hydrogen-bond acceptors (Lipinski definition) is 6. The minimum Gasteiger partial charge on any atom is -0.479 e. The molecule has 0 atom stereocenters. The van der Waals surface area contributed by atoms with Crippen molar-refractivity contribution in [3.8, 4) is 5.75 Å². The number of fused-ring (bicyclic) bond motifs is 2. The van der Waals surface area contributed by atoms with Crippen LogP contribution in [-0.4, -0.2) is 67.0 Å². The smallest absolute Gasteiger partial charge is 0.262 e. The van der Waals surface area contributed by atoms with E-state index in [1.54, 1.807) is 30.3 Å². The number of carbonyl (C=O) groups is 3. The highest BCUT2D eigenvalue weighted by Crippen LogP contribution is 2.41. The summed E-state index contributed by atoms with van der Waals surface area (Å²) in [6.45, 7) is 2.92.